The Bertz CT molecular complexity index is 1710. The highest BCUT2D eigenvalue weighted by Gasteiger charge is 2.61. The molecule has 2 aliphatic carbocycles. The van der Waals surface area contributed by atoms with Crippen molar-refractivity contribution in [1.82, 2.24) is 3.97 Å². The standard InChI is InChI=1S/C25H24F3NO7S2/c1-12-5-7-14(8-6-12)37(30,31)29-10-9-15-13(2)21(36-38(32,33)25(26,27)28)19-17-11-16(18(19)20(15)29)22-23(17)35-24(3,4)34-22/h5-10,16-17,22-23H,11H2,1-4H3. The van der Waals surface area contributed by atoms with E-state index in [1.165, 1.54) is 31.3 Å². The number of nitrogens with zero attached hydrogens (tertiary/aromatic N) is 1. The first-order valence-electron chi connectivity index (χ1n) is 11.9. The summed E-state index contributed by atoms with van der Waals surface area (Å²) in [4.78, 5) is 0.0367. The van der Waals surface area contributed by atoms with Crippen molar-refractivity contribution in [1.29, 1.82) is 0 Å². The van der Waals surface area contributed by atoms with Gasteiger partial charge in [0, 0.05) is 34.5 Å². The molecule has 4 unspecified atom stereocenters. The van der Waals surface area contributed by atoms with E-state index < -0.39 is 61.2 Å². The summed E-state index contributed by atoms with van der Waals surface area (Å²) in [6.07, 6.45) is 0.685. The van der Waals surface area contributed by atoms with Crippen molar-refractivity contribution < 1.29 is 43.7 Å². The topological polar surface area (TPSA) is 101 Å². The minimum absolute atomic E-state index is 0.0367. The average Bonchev–Trinajstić information content (AvgIpc) is 3.54. The van der Waals surface area contributed by atoms with E-state index in [2.05, 4.69) is 0 Å². The third-order valence-electron chi connectivity index (χ3n) is 7.65. The maximum atomic E-state index is 13.7. The van der Waals surface area contributed by atoms with Crippen molar-refractivity contribution in [3.05, 3.63) is 58.8 Å². The lowest BCUT2D eigenvalue weighted by atomic mass is 9.84. The molecule has 2 aromatic carbocycles. The molecule has 3 aromatic rings. The van der Waals surface area contributed by atoms with Gasteiger partial charge in [0.2, 0.25) is 0 Å². The molecule has 38 heavy (non-hydrogen) atoms. The van der Waals surface area contributed by atoms with Gasteiger partial charge in [-0.05, 0) is 57.9 Å². The van der Waals surface area contributed by atoms with Crippen LogP contribution >= 0.6 is 0 Å². The first kappa shape index (κ1) is 25.7. The van der Waals surface area contributed by atoms with E-state index in [4.69, 9.17) is 13.7 Å². The van der Waals surface area contributed by atoms with Crippen molar-refractivity contribution in [3.8, 4) is 5.75 Å². The van der Waals surface area contributed by atoms with E-state index in [0.717, 1.165) is 9.54 Å². The fourth-order valence-corrected chi connectivity index (χ4v) is 8.03. The molecule has 8 nitrogen and oxygen atoms in total. The highest BCUT2D eigenvalue weighted by atomic mass is 32.2. The van der Waals surface area contributed by atoms with Crippen LogP contribution in [0.25, 0.3) is 10.9 Å². The maximum Gasteiger partial charge on any atom is 0.534 e. The van der Waals surface area contributed by atoms with Crippen molar-refractivity contribution in [2.75, 3.05) is 0 Å². The Morgan fingerprint density at radius 2 is 1.53 bits per heavy atom. The monoisotopic (exact) mass is 571 g/mol. The number of hydrogen-bond acceptors (Lipinski definition) is 7. The van der Waals surface area contributed by atoms with Gasteiger partial charge in [-0.3, -0.25) is 0 Å². The molecule has 1 aliphatic heterocycles. The second-order valence-corrected chi connectivity index (χ2v) is 13.8. The molecule has 4 atom stereocenters. The van der Waals surface area contributed by atoms with Gasteiger partial charge in [-0.15, -0.1) is 0 Å². The average molecular weight is 572 g/mol. The Kier molecular flexibility index (Phi) is 5.22. The minimum Gasteiger partial charge on any atom is -0.375 e. The number of aromatic nitrogens is 1. The summed E-state index contributed by atoms with van der Waals surface area (Å²) in [5.74, 6) is -2.40. The zero-order valence-corrected chi connectivity index (χ0v) is 22.4. The van der Waals surface area contributed by atoms with Crippen LogP contribution in [0.4, 0.5) is 13.2 Å². The summed E-state index contributed by atoms with van der Waals surface area (Å²) >= 11 is 0. The first-order chi connectivity index (χ1) is 17.5. The van der Waals surface area contributed by atoms with Crippen LogP contribution in [0.3, 0.4) is 0 Å². The second kappa shape index (κ2) is 7.74. The lowest BCUT2D eigenvalue weighted by Crippen LogP contribution is -2.32. The molecule has 1 saturated carbocycles. The number of rotatable bonds is 4. The summed E-state index contributed by atoms with van der Waals surface area (Å²) in [7, 11) is -10.1. The van der Waals surface area contributed by atoms with Crippen LogP contribution in [0.1, 0.15) is 54.4 Å². The molecule has 1 saturated heterocycles. The van der Waals surface area contributed by atoms with E-state index in [9.17, 15) is 30.0 Å². The Morgan fingerprint density at radius 1 is 0.947 bits per heavy atom. The number of ether oxygens (including phenoxy) is 2. The van der Waals surface area contributed by atoms with Gasteiger partial charge in [-0.1, -0.05) is 17.7 Å². The van der Waals surface area contributed by atoms with Gasteiger partial charge in [-0.2, -0.15) is 21.6 Å². The van der Waals surface area contributed by atoms with Crippen LogP contribution in [-0.2, 0) is 29.6 Å². The molecule has 2 heterocycles. The van der Waals surface area contributed by atoms with E-state index in [0.29, 0.717) is 12.0 Å². The molecule has 0 amide bonds. The lowest BCUT2D eigenvalue weighted by Gasteiger charge is -2.28. The number of benzene rings is 2. The molecule has 3 aliphatic rings. The minimum atomic E-state index is -5.99. The number of hydrogen-bond donors (Lipinski definition) is 0. The SMILES string of the molecule is Cc1ccc(S(=O)(=O)n2ccc3c(C)c(OS(=O)(=O)C(F)(F)F)c4c(c32)C2CC4C3OC(C)(C)OC23)cc1. The van der Waals surface area contributed by atoms with Gasteiger partial charge >= 0.3 is 15.6 Å². The summed E-state index contributed by atoms with van der Waals surface area (Å²) in [6.45, 7) is 6.68. The fraction of sp³-hybridized carbons (Fsp3) is 0.440. The maximum absolute atomic E-state index is 13.7. The van der Waals surface area contributed by atoms with Crippen LogP contribution in [0.2, 0.25) is 0 Å². The van der Waals surface area contributed by atoms with Crippen LogP contribution < -0.4 is 4.18 Å². The molecule has 1 aromatic heterocycles. The second-order valence-electron chi connectivity index (χ2n) is 10.5. The van der Waals surface area contributed by atoms with Gasteiger partial charge in [-0.25, -0.2) is 12.4 Å². The van der Waals surface area contributed by atoms with Crippen LogP contribution in [-0.4, -0.2) is 44.3 Å². The molecule has 13 heteroatoms. The van der Waals surface area contributed by atoms with Crippen LogP contribution in [0.15, 0.2) is 41.4 Å². The molecule has 6 rings (SSSR count). The van der Waals surface area contributed by atoms with Crippen molar-refractivity contribution in [2.45, 2.75) is 74.4 Å². The van der Waals surface area contributed by atoms with Crippen LogP contribution in [0.5, 0.6) is 5.75 Å². The van der Waals surface area contributed by atoms with E-state index >= 15 is 0 Å². The summed E-state index contributed by atoms with van der Waals surface area (Å²) in [5.41, 5.74) is -3.78. The molecule has 0 N–H and O–H groups in total. The molecule has 2 fully saturated rings. The molecular weight excluding hydrogens is 547 g/mol. The highest BCUT2D eigenvalue weighted by molar-refractivity contribution is 7.90. The number of aryl methyl sites for hydroxylation is 2. The largest absolute Gasteiger partial charge is 0.534 e. The molecule has 0 radical (unpaired) electrons. The Hall–Kier alpha value is -2.61. The molecule has 0 spiro atoms. The van der Waals surface area contributed by atoms with E-state index in [1.807, 2.05) is 6.92 Å². The number of fused-ring (bicyclic) bond motifs is 10. The zero-order chi connectivity index (χ0) is 27.6. The van der Waals surface area contributed by atoms with Crippen molar-refractivity contribution in [3.63, 3.8) is 0 Å². The Labute approximate surface area is 217 Å². The van der Waals surface area contributed by atoms with E-state index in [1.54, 1.807) is 26.0 Å². The molecular formula is C25H24F3NO7S2. The zero-order valence-electron chi connectivity index (χ0n) is 20.7. The number of halogens is 3. The fourth-order valence-electron chi connectivity index (χ4n) is 6.13. The predicted octanol–water partition coefficient (Wildman–Crippen LogP) is 4.83. The third-order valence-corrected chi connectivity index (χ3v) is 10.3. The van der Waals surface area contributed by atoms with Gasteiger partial charge in [0.05, 0.1) is 22.6 Å². The number of alkyl halides is 3. The lowest BCUT2D eigenvalue weighted by molar-refractivity contribution is -0.153. The summed E-state index contributed by atoms with van der Waals surface area (Å²) in [6, 6.07) is 7.75. The van der Waals surface area contributed by atoms with Crippen molar-refractivity contribution in [2.24, 2.45) is 0 Å². The first-order valence-corrected chi connectivity index (χ1v) is 14.7. The molecule has 204 valence electrons. The molecule has 2 bridgehead atoms. The summed E-state index contributed by atoms with van der Waals surface area (Å²) < 4.78 is 110. The van der Waals surface area contributed by atoms with Gasteiger partial charge in [0.1, 0.15) is 5.75 Å². The van der Waals surface area contributed by atoms with E-state index in [-0.39, 0.29) is 26.9 Å². The van der Waals surface area contributed by atoms with Gasteiger partial charge in [0.25, 0.3) is 10.0 Å². The van der Waals surface area contributed by atoms with Crippen LogP contribution in [0, 0.1) is 13.8 Å². The van der Waals surface area contributed by atoms with Gasteiger partial charge in [0.15, 0.2) is 5.79 Å². The van der Waals surface area contributed by atoms with Crippen molar-refractivity contribution >= 4 is 31.0 Å². The quantitative estimate of drug-likeness (QED) is 0.327. The summed E-state index contributed by atoms with van der Waals surface area (Å²) in [5, 5.41) is 0.272. The highest BCUT2D eigenvalue weighted by Crippen LogP contribution is 2.63. The third kappa shape index (κ3) is 3.48. The Morgan fingerprint density at radius 3 is 2.11 bits per heavy atom. The smallest absolute Gasteiger partial charge is 0.375 e. The normalized spacial score (nSPS) is 26.1. The predicted molar refractivity (Wildman–Crippen MR) is 130 cm³/mol. The Balaban J connectivity index is 1.64. The van der Waals surface area contributed by atoms with Gasteiger partial charge < -0.3 is 13.7 Å².